The molecule has 1 spiro atoms. The van der Waals surface area contributed by atoms with E-state index in [0.717, 1.165) is 5.56 Å². The Morgan fingerprint density at radius 1 is 1.12 bits per heavy atom. The number of carbonyl (C=O) groups is 4. The maximum absolute atomic E-state index is 13.8. The van der Waals surface area contributed by atoms with Crippen molar-refractivity contribution in [1.29, 1.82) is 0 Å². The second kappa shape index (κ2) is 8.92. The third-order valence-corrected chi connectivity index (χ3v) is 11.4. The number of fused-ring (bicyclic) bond motifs is 3. The fourth-order valence-corrected chi connectivity index (χ4v) is 9.67. The molecule has 5 aliphatic rings. The number of epoxide rings is 1. The average molecular weight is 587 g/mol. The van der Waals surface area contributed by atoms with E-state index in [1.165, 1.54) is 27.0 Å². The molecular weight excluding hydrogens is 548 g/mol. The van der Waals surface area contributed by atoms with Crippen molar-refractivity contribution < 1.29 is 52.4 Å². The molecule has 0 bridgehead atoms. The third kappa shape index (κ3) is 3.35. The summed E-state index contributed by atoms with van der Waals surface area (Å²) in [7, 11) is 1.26. The molecule has 42 heavy (non-hydrogen) atoms. The van der Waals surface area contributed by atoms with Gasteiger partial charge in [-0.15, -0.1) is 0 Å². The molecular formula is C31H38O11. The monoisotopic (exact) mass is 586 g/mol. The van der Waals surface area contributed by atoms with Crippen LogP contribution in [0.1, 0.15) is 65.9 Å². The van der Waals surface area contributed by atoms with Crippen molar-refractivity contribution >= 4 is 23.7 Å². The summed E-state index contributed by atoms with van der Waals surface area (Å²) in [6, 6.07) is 1.87. The van der Waals surface area contributed by atoms with Crippen LogP contribution in [0.2, 0.25) is 0 Å². The van der Waals surface area contributed by atoms with Crippen LogP contribution in [0.4, 0.5) is 0 Å². The fourth-order valence-electron chi connectivity index (χ4n) is 9.67. The van der Waals surface area contributed by atoms with Gasteiger partial charge < -0.3 is 33.2 Å². The van der Waals surface area contributed by atoms with E-state index in [1.54, 1.807) is 26.4 Å². The SMILES string of the molecule is COC(=O)C[C@@H]1[C@]2(C)C(=CC(=O)[C@]1(C)COC(C)=O)O[C@H]1[C@H]2[C@@](C)(O)[C@@]23O[C@@H]2C[C@@H](c2ccoc2)[C@]3(C)[C@H]1OC(C)=O. The second-order valence-corrected chi connectivity index (χ2v) is 13.4. The Labute approximate surface area is 243 Å². The standard InChI is InChI=1S/C31H38O11/c1-15(32)39-14-27(3)19(11-23(35)37-7)28(4)21(12-20(27)34)41-24-25(28)30(6,36)31-22(42-31)10-18(17-8-9-38-13-17)29(31,5)26(24)40-16(2)33/h8-9,12-13,18-19,22,24-26,36H,10-11,14H2,1-7H3/t18-,19-,22+,24-,25+,26-,27+,28+,29+,30+,31+/m0/s1. The maximum Gasteiger partial charge on any atom is 0.305 e. The van der Waals surface area contributed by atoms with Gasteiger partial charge in [0.2, 0.25) is 0 Å². The van der Waals surface area contributed by atoms with Gasteiger partial charge in [-0.25, -0.2) is 0 Å². The molecule has 11 atom stereocenters. The minimum absolute atomic E-state index is 0.193. The summed E-state index contributed by atoms with van der Waals surface area (Å²) in [5, 5.41) is 12.8. The number of ketones is 1. The highest BCUT2D eigenvalue weighted by Gasteiger charge is 2.91. The van der Waals surface area contributed by atoms with E-state index in [1.807, 2.05) is 19.9 Å². The average Bonchev–Trinajstić information content (AvgIpc) is 3.18. The van der Waals surface area contributed by atoms with Gasteiger partial charge in [0, 0.05) is 42.6 Å². The smallest absolute Gasteiger partial charge is 0.305 e. The van der Waals surface area contributed by atoms with Crippen LogP contribution in [0, 0.1) is 28.1 Å². The molecule has 1 N–H and O–H groups in total. The number of hydrogen-bond acceptors (Lipinski definition) is 11. The van der Waals surface area contributed by atoms with Crippen LogP contribution in [0.15, 0.2) is 34.8 Å². The number of rotatable bonds is 6. The van der Waals surface area contributed by atoms with E-state index < -0.39 is 69.4 Å². The van der Waals surface area contributed by atoms with E-state index in [-0.39, 0.29) is 36.6 Å². The van der Waals surface area contributed by atoms with E-state index in [2.05, 4.69) is 0 Å². The molecule has 0 amide bonds. The van der Waals surface area contributed by atoms with Crippen molar-refractivity contribution in [2.24, 2.45) is 28.1 Å². The number of allylic oxidation sites excluding steroid dienone is 2. The molecule has 0 aromatic carbocycles. The quantitative estimate of drug-likeness (QED) is 0.298. The fraction of sp³-hybridized carbons (Fsp3) is 0.677. The molecule has 1 aromatic rings. The summed E-state index contributed by atoms with van der Waals surface area (Å²) in [5.74, 6) is -3.55. The zero-order valence-electron chi connectivity index (χ0n) is 24.9. The Bertz CT molecular complexity index is 1380. The number of aliphatic hydroxyl groups is 1. The highest BCUT2D eigenvalue weighted by atomic mass is 16.6. The van der Waals surface area contributed by atoms with Crippen LogP contribution in [-0.4, -0.2) is 72.0 Å². The predicted octanol–water partition coefficient (Wildman–Crippen LogP) is 2.84. The van der Waals surface area contributed by atoms with Crippen molar-refractivity contribution in [3.63, 3.8) is 0 Å². The first-order chi connectivity index (χ1) is 19.6. The highest BCUT2D eigenvalue weighted by molar-refractivity contribution is 5.97. The summed E-state index contributed by atoms with van der Waals surface area (Å²) in [6.07, 6.45) is 2.86. The lowest BCUT2D eigenvalue weighted by Crippen LogP contribution is -2.73. The molecule has 3 aliphatic carbocycles. The second-order valence-electron chi connectivity index (χ2n) is 13.4. The van der Waals surface area contributed by atoms with Crippen LogP contribution >= 0.6 is 0 Å². The van der Waals surface area contributed by atoms with Gasteiger partial charge in [-0.2, -0.15) is 0 Å². The van der Waals surface area contributed by atoms with Gasteiger partial charge in [0.15, 0.2) is 5.78 Å². The summed E-state index contributed by atoms with van der Waals surface area (Å²) < 4.78 is 35.0. The Kier molecular flexibility index (Phi) is 6.14. The lowest BCUT2D eigenvalue weighted by Gasteiger charge is -2.60. The summed E-state index contributed by atoms with van der Waals surface area (Å²) in [4.78, 5) is 51.2. The minimum Gasteiger partial charge on any atom is -0.490 e. The van der Waals surface area contributed by atoms with Crippen LogP contribution < -0.4 is 0 Å². The highest BCUT2D eigenvalue weighted by Crippen LogP contribution is 2.79. The molecule has 2 saturated heterocycles. The van der Waals surface area contributed by atoms with Crippen LogP contribution in [0.25, 0.3) is 0 Å². The number of hydrogen-bond donors (Lipinski definition) is 1. The number of methoxy groups -OCH3 is 1. The number of carbonyl (C=O) groups excluding carboxylic acids is 4. The van der Waals surface area contributed by atoms with E-state index in [0.29, 0.717) is 6.42 Å². The molecule has 1 aromatic heterocycles. The molecule has 3 heterocycles. The van der Waals surface area contributed by atoms with Crippen molar-refractivity contribution in [3.05, 3.63) is 36.0 Å². The molecule has 11 heteroatoms. The predicted molar refractivity (Wildman–Crippen MR) is 142 cm³/mol. The van der Waals surface area contributed by atoms with Gasteiger partial charge in [-0.05, 0) is 37.8 Å². The number of esters is 3. The Morgan fingerprint density at radius 3 is 2.43 bits per heavy atom. The lowest BCUT2D eigenvalue weighted by atomic mass is 9.44. The number of ether oxygens (including phenoxy) is 5. The van der Waals surface area contributed by atoms with Gasteiger partial charge in [0.1, 0.15) is 35.8 Å². The molecule has 2 aliphatic heterocycles. The Hall–Kier alpha value is -3.18. The lowest BCUT2D eigenvalue weighted by molar-refractivity contribution is -0.251. The summed E-state index contributed by atoms with van der Waals surface area (Å²) >= 11 is 0. The van der Waals surface area contributed by atoms with E-state index >= 15 is 0 Å². The molecule has 6 rings (SSSR count). The van der Waals surface area contributed by atoms with E-state index in [9.17, 15) is 24.3 Å². The normalized spacial score (nSPS) is 46.3. The van der Waals surface area contributed by atoms with Crippen LogP contribution in [-0.2, 0) is 42.9 Å². The Balaban J connectivity index is 1.55. The van der Waals surface area contributed by atoms with Crippen molar-refractivity contribution in [3.8, 4) is 0 Å². The first-order valence-electron chi connectivity index (χ1n) is 14.3. The molecule has 11 nitrogen and oxygen atoms in total. The topological polar surface area (TPSA) is 151 Å². The van der Waals surface area contributed by atoms with Gasteiger partial charge in [-0.3, -0.25) is 19.2 Å². The minimum atomic E-state index is -1.58. The first kappa shape index (κ1) is 28.9. The first-order valence-corrected chi connectivity index (χ1v) is 14.3. The molecule has 4 fully saturated rings. The molecule has 2 saturated carbocycles. The van der Waals surface area contributed by atoms with Crippen molar-refractivity contribution in [1.82, 2.24) is 0 Å². The zero-order chi connectivity index (χ0) is 30.6. The van der Waals surface area contributed by atoms with Crippen LogP contribution in [0.5, 0.6) is 0 Å². The van der Waals surface area contributed by atoms with Gasteiger partial charge in [-0.1, -0.05) is 13.8 Å². The van der Waals surface area contributed by atoms with Gasteiger partial charge >= 0.3 is 17.9 Å². The van der Waals surface area contributed by atoms with Crippen molar-refractivity contribution in [2.75, 3.05) is 13.7 Å². The summed E-state index contributed by atoms with van der Waals surface area (Å²) in [6.45, 7) is 9.49. The Morgan fingerprint density at radius 2 is 1.83 bits per heavy atom. The molecule has 0 radical (unpaired) electrons. The molecule has 228 valence electrons. The van der Waals surface area contributed by atoms with Crippen molar-refractivity contribution in [2.45, 2.75) is 89.8 Å². The number of furan rings is 1. The van der Waals surface area contributed by atoms with Gasteiger partial charge in [0.25, 0.3) is 0 Å². The maximum atomic E-state index is 13.8. The third-order valence-electron chi connectivity index (χ3n) is 11.4. The largest absolute Gasteiger partial charge is 0.490 e. The van der Waals surface area contributed by atoms with Gasteiger partial charge in [0.05, 0.1) is 37.6 Å². The van der Waals surface area contributed by atoms with E-state index in [4.69, 9.17) is 28.1 Å². The summed E-state index contributed by atoms with van der Waals surface area (Å²) in [5.41, 5.74) is -5.25. The zero-order valence-corrected chi connectivity index (χ0v) is 24.9. The van der Waals surface area contributed by atoms with Crippen LogP contribution in [0.3, 0.4) is 0 Å². The molecule has 0 unspecified atom stereocenters.